The van der Waals surface area contributed by atoms with Gasteiger partial charge in [0.2, 0.25) is 23.6 Å². The third-order valence-corrected chi connectivity index (χ3v) is 6.57. The third kappa shape index (κ3) is 6.54. The average molecular weight is 526 g/mol. The van der Waals surface area contributed by atoms with Gasteiger partial charge in [0.1, 0.15) is 18.1 Å². The smallest absolute Gasteiger partial charge is 0.324 e. The van der Waals surface area contributed by atoms with Crippen LogP contribution in [0.1, 0.15) is 30.5 Å². The standard InChI is InChI=1S/C25H31N7O6/c26-22(34)20-7-4-8-31(20)24(36)19(11-17-13-27-15-28-17)29-23(35)18-12-21(33)32(25(37)30-18)9-10-38-14-16-5-2-1-3-6-16/h1-3,5-6,13,15,18-20H,4,7-12,14H2,(H2,26,34)(H,27,28)(H,29,35)(H,30,37)/t18-,19+,20+/m1/s1. The molecule has 4 rings (SSSR count). The van der Waals surface area contributed by atoms with Crippen LogP contribution < -0.4 is 16.4 Å². The molecule has 2 aromatic rings. The second-order valence-electron chi connectivity index (χ2n) is 9.22. The molecule has 38 heavy (non-hydrogen) atoms. The molecule has 202 valence electrons. The Morgan fingerprint density at radius 1 is 1.21 bits per heavy atom. The number of aromatic nitrogens is 2. The molecule has 0 aliphatic carbocycles. The molecule has 13 nitrogen and oxygen atoms in total. The zero-order valence-electron chi connectivity index (χ0n) is 20.8. The van der Waals surface area contributed by atoms with Crippen LogP contribution in [-0.2, 0) is 36.9 Å². The Morgan fingerprint density at radius 2 is 2.00 bits per heavy atom. The molecule has 0 radical (unpaired) electrons. The summed E-state index contributed by atoms with van der Waals surface area (Å²) in [5.74, 6) is -2.29. The zero-order valence-corrected chi connectivity index (χ0v) is 20.8. The number of ether oxygens (including phenoxy) is 1. The first kappa shape index (κ1) is 26.8. The van der Waals surface area contributed by atoms with Crippen molar-refractivity contribution in [3.63, 3.8) is 0 Å². The van der Waals surface area contributed by atoms with E-state index in [1.165, 1.54) is 17.4 Å². The summed E-state index contributed by atoms with van der Waals surface area (Å²) in [5.41, 5.74) is 7.02. The number of rotatable bonds is 11. The van der Waals surface area contributed by atoms with Gasteiger partial charge in [-0.3, -0.25) is 24.1 Å². The number of primary amides is 1. The summed E-state index contributed by atoms with van der Waals surface area (Å²) in [5, 5.41) is 5.18. The van der Waals surface area contributed by atoms with Gasteiger partial charge in [0, 0.05) is 24.9 Å². The number of likely N-dealkylation sites (tertiary alicyclic amines) is 1. The summed E-state index contributed by atoms with van der Waals surface area (Å²) in [7, 11) is 0. The molecule has 3 heterocycles. The first-order valence-corrected chi connectivity index (χ1v) is 12.4. The number of benzene rings is 1. The topological polar surface area (TPSA) is 180 Å². The highest BCUT2D eigenvalue weighted by molar-refractivity contribution is 6.03. The van der Waals surface area contributed by atoms with Crippen molar-refractivity contribution >= 4 is 29.7 Å². The lowest BCUT2D eigenvalue weighted by Gasteiger charge is -2.32. The minimum absolute atomic E-state index is 0.0379. The molecule has 0 unspecified atom stereocenters. The first-order chi connectivity index (χ1) is 18.3. The predicted molar refractivity (Wildman–Crippen MR) is 133 cm³/mol. The van der Waals surface area contributed by atoms with Gasteiger partial charge < -0.3 is 31.0 Å². The van der Waals surface area contributed by atoms with Crippen molar-refractivity contribution < 1.29 is 28.7 Å². The van der Waals surface area contributed by atoms with Crippen molar-refractivity contribution in [1.29, 1.82) is 0 Å². The number of aromatic amines is 1. The molecule has 13 heteroatoms. The molecule has 1 aromatic heterocycles. The molecule has 0 spiro atoms. The Balaban J connectivity index is 1.34. The van der Waals surface area contributed by atoms with E-state index < -0.39 is 47.8 Å². The number of amides is 6. The number of H-pyrrole nitrogens is 1. The van der Waals surface area contributed by atoms with E-state index in [1.807, 2.05) is 30.3 Å². The largest absolute Gasteiger partial charge is 0.375 e. The monoisotopic (exact) mass is 525 g/mol. The van der Waals surface area contributed by atoms with Crippen LogP contribution in [0, 0.1) is 0 Å². The fourth-order valence-electron chi connectivity index (χ4n) is 4.60. The van der Waals surface area contributed by atoms with Crippen LogP contribution in [0.4, 0.5) is 4.79 Å². The Labute approximate surface area is 219 Å². The van der Waals surface area contributed by atoms with Gasteiger partial charge >= 0.3 is 6.03 Å². The van der Waals surface area contributed by atoms with Crippen LogP contribution in [0.25, 0.3) is 0 Å². The minimum Gasteiger partial charge on any atom is -0.375 e. The number of carbonyl (C=O) groups is 5. The predicted octanol–water partition coefficient (Wildman–Crippen LogP) is -0.559. The van der Waals surface area contributed by atoms with Crippen molar-refractivity contribution in [3.8, 4) is 0 Å². The normalized spacial score (nSPS) is 20.2. The lowest BCUT2D eigenvalue weighted by atomic mass is 10.1. The average Bonchev–Trinajstić information content (AvgIpc) is 3.60. The van der Waals surface area contributed by atoms with E-state index >= 15 is 0 Å². The van der Waals surface area contributed by atoms with Crippen LogP contribution in [0.15, 0.2) is 42.9 Å². The van der Waals surface area contributed by atoms with E-state index in [2.05, 4.69) is 20.6 Å². The molecule has 2 saturated heterocycles. The number of hydrogen-bond donors (Lipinski definition) is 4. The molecule has 2 fully saturated rings. The molecule has 5 N–H and O–H groups in total. The van der Waals surface area contributed by atoms with Crippen LogP contribution >= 0.6 is 0 Å². The van der Waals surface area contributed by atoms with Crippen LogP contribution in [0.5, 0.6) is 0 Å². The van der Waals surface area contributed by atoms with E-state index in [1.54, 1.807) is 0 Å². The Kier molecular flexibility index (Phi) is 8.69. The van der Waals surface area contributed by atoms with Gasteiger partial charge in [-0.2, -0.15) is 0 Å². The van der Waals surface area contributed by atoms with Gasteiger partial charge in [0.25, 0.3) is 0 Å². The fourth-order valence-corrected chi connectivity index (χ4v) is 4.60. The Hall–Kier alpha value is -4.26. The Morgan fingerprint density at radius 3 is 2.68 bits per heavy atom. The molecular weight excluding hydrogens is 494 g/mol. The zero-order chi connectivity index (χ0) is 27.1. The van der Waals surface area contributed by atoms with E-state index in [0.717, 1.165) is 10.5 Å². The third-order valence-electron chi connectivity index (χ3n) is 6.57. The van der Waals surface area contributed by atoms with Gasteiger partial charge in [-0.1, -0.05) is 30.3 Å². The molecule has 2 aliphatic heterocycles. The second-order valence-corrected chi connectivity index (χ2v) is 9.22. The quantitative estimate of drug-likeness (QED) is 0.284. The van der Waals surface area contributed by atoms with Gasteiger partial charge in [-0.05, 0) is 18.4 Å². The molecule has 0 saturated carbocycles. The SMILES string of the molecule is NC(=O)[C@@H]1CCCN1C(=O)[C@H](Cc1cnc[nH]1)NC(=O)[C@H]1CC(=O)N(CCOCc2ccccc2)C(=O)N1. The number of urea groups is 1. The molecule has 2 aliphatic rings. The Bertz CT molecular complexity index is 1140. The van der Waals surface area contributed by atoms with E-state index in [9.17, 15) is 24.0 Å². The first-order valence-electron chi connectivity index (χ1n) is 12.4. The number of carbonyl (C=O) groups excluding carboxylic acids is 5. The van der Waals surface area contributed by atoms with Gasteiger partial charge in [-0.25, -0.2) is 9.78 Å². The van der Waals surface area contributed by atoms with E-state index in [-0.39, 0.29) is 26.0 Å². The summed E-state index contributed by atoms with van der Waals surface area (Å²) in [6.07, 6.45) is 3.83. The maximum atomic E-state index is 13.3. The highest BCUT2D eigenvalue weighted by Gasteiger charge is 2.40. The number of imide groups is 1. The number of imidazole rings is 1. The fraction of sp³-hybridized carbons (Fsp3) is 0.440. The summed E-state index contributed by atoms with van der Waals surface area (Å²) < 4.78 is 5.56. The summed E-state index contributed by atoms with van der Waals surface area (Å²) >= 11 is 0. The molecule has 6 amide bonds. The molecule has 0 bridgehead atoms. The minimum atomic E-state index is -1.15. The van der Waals surface area contributed by atoms with Crippen molar-refractivity contribution in [3.05, 3.63) is 54.1 Å². The number of nitrogens with two attached hydrogens (primary N) is 1. The number of nitrogens with zero attached hydrogens (tertiary/aromatic N) is 3. The van der Waals surface area contributed by atoms with Crippen molar-refractivity contribution in [1.82, 2.24) is 30.4 Å². The van der Waals surface area contributed by atoms with Crippen LogP contribution in [0.3, 0.4) is 0 Å². The van der Waals surface area contributed by atoms with Gasteiger partial charge in [0.05, 0.1) is 32.5 Å². The maximum Gasteiger partial charge on any atom is 0.324 e. The van der Waals surface area contributed by atoms with E-state index in [0.29, 0.717) is 31.7 Å². The molecule has 1 aromatic carbocycles. The number of nitrogens with one attached hydrogen (secondary N) is 3. The number of hydrogen-bond acceptors (Lipinski definition) is 7. The second kappa shape index (κ2) is 12.3. The molecule has 3 atom stereocenters. The van der Waals surface area contributed by atoms with E-state index in [4.69, 9.17) is 10.5 Å². The van der Waals surface area contributed by atoms with Crippen molar-refractivity contribution in [2.75, 3.05) is 19.7 Å². The summed E-state index contributed by atoms with van der Waals surface area (Å²) in [6.45, 7) is 0.857. The molecular formula is C25H31N7O6. The van der Waals surface area contributed by atoms with Gasteiger partial charge in [0.15, 0.2) is 0 Å². The van der Waals surface area contributed by atoms with Crippen molar-refractivity contribution in [2.45, 2.75) is 50.4 Å². The van der Waals surface area contributed by atoms with Crippen LogP contribution in [-0.4, -0.2) is 87.2 Å². The van der Waals surface area contributed by atoms with Crippen LogP contribution in [0.2, 0.25) is 0 Å². The summed E-state index contributed by atoms with van der Waals surface area (Å²) in [6, 6.07) is 5.81. The lowest BCUT2D eigenvalue weighted by molar-refractivity contribution is -0.141. The highest BCUT2D eigenvalue weighted by Crippen LogP contribution is 2.19. The van der Waals surface area contributed by atoms with Gasteiger partial charge in [-0.15, -0.1) is 0 Å². The lowest BCUT2D eigenvalue weighted by Crippen LogP contribution is -2.62. The highest BCUT2D eigenvalue weighted by atomic mass is 16.5. The van der Waals surface area contributed by atoms with Crippen molar-refractivity contribution in [2.24, 2.45) is 5.73 Å². The summed E-state index contributed by atoms with van der Waals surface area (Å²) in [4.78, 5) is 72.7. The maximum absolute atomic E-state index is 13.3.